The number of hydrogen-bond acceptors (Lipinski definition) is 6. The third kappa shape index (κ3) is 1.52. The molecule has 0 amide bonds. The van der Waals surface area contributed by atoms with Crippen molar-refractivity contribution in [1.29, 1.82) is 0 Å². The summed E-state index contributed by atoms with van der Waals surface area (Å²) in [6.07, 6.45) is 4.52. The van der Waals surface area contributed by atoms with E-state index >= 15 is 0 Å². The standard InChI is InChI=1S/C7H6N4O2/c12-3-6-10-7(13-11-6)5-1-8-4-9-2-5/h1-2,4,12H,3H2. The molecule has 0 aliphatic rings. The summed E-state index contributed by atoms with van der Waals surface area (Å²) in [5.74, 6) is 0.559. The minimum absolute atomic E-state index is 0.239. The Kier molecular flexibility index (Phi) is 1.97. The van der Waals surface area contributed by atoms with Crippen molar-refractivity contribution in [1.82, 2.24) is 20.1 Å². The van der Waals surface area contributed by atoms with Gasteiger partial charge in [0, 0.05) is 12.4 Å². The van der Waals surface area contributed by atoms with Gasteiger partial charge in [-0.25, -0.2) is 9.97 Å². The van der Waals surface area contributed by atoms with Crippen LogP contribution in [0.15, 0.2) is 23.2 Å². The normalized spacial score (nSPS) is 10.2. The second kappa shape index (κ2) is 3.28. The number of nitrogens with zero attached hydrogens (tertiary/aromatic N) is 4. The molecule has 6 nitrogen and oxygen atoms in total. The van der Waals surface area contributed by atoms with Crippen LogP contribution in [-0.4, -0.2) is 25.2 Å². The van der Waals surface area contributed by atoms with Crippen LogP contribution in [0.2, 0.25) is 0 Å². The molecule has 0 saturated carbocycles. The van der Waals surface area contributed by atoms with Crippen molar-refractivity contribution in [3.8, 4) is 11.5 Å². The largest absolute Gasteiger partial charge is 0.388 e. The summed E-state index contributed by atoms with van der Waals surface area (Å²) in [6.45, 7) is -0.239. The highest BCUT2D eigenvalue weighted by Crippen LogP contribution is 2.13. The molecule has 0 radical (unpaired) electrons. The van der Waals surface area contributed by atoms with E-state index in [0.29, 0.717) is 11.5 Å². The molecule has 0 aliphatic carbocycles. The Morgan fingerprint density at radius 3 is 2.69 bits per heavy atom. The summed E-state index contributed by atoms with van der Waals surface area (Å²) in [5, 5.41) is 12.2. The monoisotopic (exact) mass is 178 g/mol. The van der Waals surface area contributed by atoms with Crippen LogP contribution in [0.25, 0.3) is 11.5 Å². The van der Waals surface area contributed by atoms with Crippen molar-refractivity contribution in [3.63, 3.8) is 0 Å². The van der Waals surface area contributed by atoms with Crippen LogP contribution in [0.1, 0.15) is 5.82 Å². The Bertz CT molecular complexity index is 386. The van der Waals surface area contributed by atoms with E-state index in [1.54, 1.807) is 12.4 Å². The zero-order chi connectivity index (χ0) is 9.10. The molecule has 2 aromatic rings. The van der Waals surface area contributed by atoms with Crippen molar-refractivity contribution in [2.45, 2.75) is 6.61 Å². The van der Waals surface area contributed by atoms with Gasteiger partial charge in [0.1, 0.15) is 12.9 Å². The topological polar surface area (TPSA) is 84.9 Å². The number of aliphatic hydroxyl groups is 1. The van der Waals surface area contributed by atoms with E-state index in [0.717, 1.165) is 0 Å². The summed E-state index contributed by atoms with van der Waals surface area (Å²) in [5.41, 5.74) is 0.634. The maximum absolute atomic E-state index is 8.68. The fourth-order valence-electron chi connectivity index (χ4n) is 0.845. The molecule has 2 rings (SSSR count). The zero-order valence-corrected chi connectivity index (χ0v) is 6.58. The predicted molar refractivity (Wildman–Crippen MR) is 41.2 cm³/mol. The quantitative estimate of drug-likeness (QED) is 0.697. The molecule has 0 saturated heterocycles. The van der Waals surface area contributed by atoms with Gasteiger partial charge in [-0.15, -0.1) is 0 Å². The summed E-state index contributed by atoms with van der Waals surface area (Å²) in [7, 11) is 0. The first-order chi connectivity index (χ1) is 6.40. The minimum Gasteiger partial charge on any atom is -0.388 e. The van der Waals surface area contributed by atoms with Crippen LogP contribution in [0, 0.1) is 0 Å². The maximum Gasteiger partial charge on any atom is 0.261 e. The average Bonchev–Trinajstić information content (AvgIpc) is 2.67. The van der Waals surface area contributed by atoms with Gasteiger partial charge in [0.25, 0.3) is 5.89 Å². The first kappa shape index (κ1) is 7.81. The first-order valence-corrected chi connectivity index (χ1v) is 3.59. The van der Waals surface area contributed by atoms with Crippen LogP contribution in [-0.2, 0) is 6.61 Å². The van der Waals surface area contributed by atoms with E-state index in [1.165, 1.54) is 6.33 Å². The molecule has 0 aliphatic heterocycles. The van der Waals surface area contributed by atoms with E-state index in [-0.39, 0.29) is 12.4 Å². The van der Waals surface area contributed by atoms with E-state index in [2.05, 4.69) is 20.1 Å². The second-order valence-electron chi connectivity index (χ2n) is 2.30. The summed E-state index contributed by atoms with van der Waals surface area (Å²) >= 11 is 0. The van der Waals surface area contributed by atoms with Crippen LogP contribution in [0.4, 0.5) is 0 Å². The molecule has 1 N–H and O–H groups in total. The van der Waals surface area contributed by atoms with Crippen molar-refractivity contribution in [2.75, 3.05) is 0 Å². The van der Waals surface area contributed by atoms with Gasteiger partial charge >= 0.3 is 0 Å². The Balaban J connectivity index is 2.36. The molecular formula is C7H6N4O2. The molecule has 0 unspecified atom stereocenters. The van der Waals surface area contributed by atoms with Gasteiger partial charge in [-0.1, -0.05) is 5.16 Å². The zero-order valence-electron chi connectivity index (χ0n) is 6.58. The van der Waals surface area contributed by atoms with E-state index < -0.39 is 0 Å². The Labute approximate surface area is 73.3 Å². The third-order valence-electron chi connectivity index (χ3n) is 1.42. The highest BCUT2D eigenvalue weighted by Gasteiger charge is 2.07. The van der Waals surface area contributed by atoms with Crippen LogP contribution in [0.5, 0.6) is 0 Å². The van der Waals surface area contributed by atoms with Crippen molar-refractivity contribution in [3.05, 3.63) is 24.5 Å². The molecule has 0 aromatic carbocycles. The lowest BCUT2D eigenvalue weighted by Crippen LogP contribution is -1.85. The summed E-state index contributed by atoms with van der Waals surface area (Å²) < 4.78 is 4.84. The Hall–Kier alpha value is -1.82. The van der Waals surface area contributed by atoms with Gasteiger partial charge in [-0.05, 0) is 0 Å². The summed E-state index contributed by atoms with van der Waals surface area (Å²) in [6, 6.07) is 0. The van der Waals surface area contributed by atoms with Crippen LogP contribution in [0.3, 0.4) is 0 Å². The first-order valence-electron chi connectivity index (χ1n) is 3.59. The smallest absolute Gasteiger partial charge is 0.261 e. The van der Waals surface area contributed by atoms with Gasteiger partial charge in [0.2, 0.25) is 0 Å². The molecule has 66 valence electrons. The lowest BCUT2D eigenvalue weighted by atomic mass is 10.3. The van der Waals surface area contributed by atoms with Crippen molar-refractivity contribution in [2.24, 2.45) is 0 Å². The highest BCUT2D eigenvalue weighted by atomic mass is 16.5. The number of aromatic nitrogens is 4. The molecular weight excluding hydrogens is 172 g/mol. The molecule has 0 fully saturated rings. The number of rotatable bonds is 2. The lowest BCUT2D eigenvalue weighted by Gasteiger charge is -1.88. The molecule has 13 heavy (non-hydrogen) atoms. The number of aliphatic hydroxyl groups excluding tert-OH is 1. The van der Waals surface area contributed by atoms with Crippen molar-refractivity contribution >= 4 is 0 Å². The maximum atomic E-state index is 8.68. The van der Waals surface area contributed by atoms with E-state index in [1.807, 2.05) is 0 Å². The molecule has 6 heteroatoms. The number of hydrogen-bond donors (Lipinski definition) is 1. The SMILES string of the molecule is OCc1noc(-c2cncnc2)n1. The van der Waals surface area contributed by atoms with Crippen molar-refractivity contribution < 1.29 is 9.63 Å². The molecule has 0 atom stereocenters. The molecule has 2 heterocycles. The molecule has 2 aromatic heterocycles. The van der Waals surface area contributed by atoms with Gasteiger partial charge in [0.05, 0.1) is 5.56 Å². The highest BCUT2D eigenvalue weighted by molar-refractivity contribution is 5.48. The Morgan fingerprint density at radius 2 is 2.08 bits per heavy atom. The fourth-order valence-corrected chi connectivity index (χ4v) is 0.845. The summed E-state index contributed by atoms with van der Waals surface area (Å²) in [4.78, 5) is 11.5. The van der Waals surface area contributed by atoms with Crippen LogP contribution < -0.4 is 0 Å². The van der Waals surface area contributed by atoms with E-state index in [9.17, 15) is 0 Å². The fraction of sp³-hybridized carbons (Fsp3) is 0.143. The van der Waals surface area contributed by atoms with Gasteiger partial charge in [-0.2, -0.15) is 4.98 Å². The van der Waals surface area contributed by atoms with Gasteiger partial charge < -0.3 is 9.63 Å². The van der Waals surface area contributed by atoms with Crippen LogP contribution >= 0.6 is 0 Å². The third-order valence-corrected chi connectivity index (χ3v) is 1.42. The van der Waals surface area contributed by atoms with Gasteiger partial charge in [-0.3, -0.25) is 0 Å². The minimum atomic E-state index is -0.239. The molecule has 0 bridgehead atoms. The Morgan fingerprint density at radius 1 is 1.31 bits per heavy atom. The second-order valence-corrected chi connectivity index (χ2v) is 2.30. The predicted octanol–water partition coefficient (Wildman–Crippen LogP) is 0.0189. The van der Waals surface area contributed by atoms with E-state index in [4.69, 9.17) is 9.63 Å². The lowest BCUT2D eigenvalue weighted by molar-refractivity contribution is 0.264. The molecule has 0 spiro atoms. The van der Waals surface area contributed by atoms with Gasteiger partial charge in [0.15, 0.2) is 5.82 Å². The average molecular weight is 178 g/mol.